The monoisotopic (exact) mass is 264 g/mol. The number of fused-ring (bicyclic) bond motifs is 3. The Balaban J connectivity index is 2.12. The molecule has 3 aromatic heterocycles. The van der Waals surface area contributed by atoms with Crippen LogP contribution in [-0.4, -0.2) is 18.9 Å². The van der Waals surface area contributed by atoms with Gasteiger partial charge in [-0.25, -0.2) is 14.0 Å². The normalized spacial score (nSPS) is 11.5. The van der Waals surface area contributed by atoms with Crippen LogP contribution in [0, 0.1) is 0 Å². The van der Waals surface area contributed by atoms with E-state index in [-0.39, 0.29) is 0 Å². The quantitative estimate of drug-likeness (QED) is 0.491. The van der Waals surface area contributed by atoms with E-state index in [0.717, 1.165) is 16.9 Å². The van der Waals surface area contributed by atoms with Crippen LogP contribution in [0.3, 0.4) is 0 Å². The lowest BCUT2D eigenvalue weighted by atomic mass is 10.2. The highest BCUT2D eigenvalue weighted by Gasteiger charge is 2.22. The molecular weight excluding hydrogens is 250 g/mol. The summed E-state index contributed by atoms with van der Waals surface area (Å²) in [6.07, 6.45) is 5.57. The molecule has 1 aromatic carbocycles. The first-order valence-electron chi connectivity index (χ1n) is 6.48. The van der Waals surface area contributed by atoms with Crippen molar-refractivity contribution in [2.24, 2.45) is 14.1 Å². The third-order valence-corrected chi connectivity index (χ3v) is 3.75. The van der Waals surface area contributed by atoms with E-state index in [1.807, 2.05) is 19.3 Å². The maximum Gasteiger partial charge on any atom is 0.329 e. The Hall–Kier alpha value is -2.69. The molecule has 98 valence electrons. The van der Waals surface area contributed by atoms with E-state index in [2.05, 4.69) is 61.0 Å². The van der Waals surface area contributed by atoms with Gasteiger partial charge in [0.15, 0.2) is 11.8 Å². The number of benzene rings is 1. The summed E-state index contributed by atoms with van der Waals surface area (Å²) in [5.41, 5.74) is 4.32. The van der Waals surface area contributed by atoms with Crippen molar-refractivity contribution in [3.05, 3.63) is 49.1 Å². The molecule has 0 unspecified atom stereocenters. The Morgan fingerprint density at radius 1 is 1.15 bits per heavy atom. The molecule has 0 aliphatic rings. The molecule has 3 heterocycles. The van der Waals surface area contributed by atoms with Gasteiger partial charge in [0.1, 0.15) is 5.69 Å². The van der Waals surface area contributed by atoms with E-state index >= 15 is 0 Å². The van der Waals surface area contributed by atoms with Crippen LogP contribution in [-0.2, 0) is 14.1 Å². The smallest absolute Gasteiger partial charge is 0.251 e. The van der Waals surface area contributed by atoms with Gasteiger partial charge < -0.3 is 0 Å². The average molecular weight is 264 g/mol. The van der Waals surface area contributed by atoms with Crippen molar-refractivity contribution in [2.75, 3.05) is 0 Å². The zero-order chi connectivity index (χ0) is 13.7. The predicted molar refractivity (Wildman–Crippen MR) is 76.1 cm³/mol. The van der Waals surface area contributed by atoms with Crippen LogP contribution in [0.4, 0.5) is 0 Å². The molecule has 0 fully saturated rings. The van der Waals surface area contributed by atoms with Crippen molar-refractivity contribution in [2.45, 2.75) is 0 Å². The Labute approximate surface area is 115 Å². The van der Waals surface area contributed by atoms with Gasteiger partial charge in [0, 0.05) is 12.6 Å². The fourth-order valence-electron chi connectivity index (χ4n) is 2.82. The lowest BCUT2D eigenvalue weighted by Crippen LogP contribution is -2.30. The number of rotatable bonds is 1. The molecule has 0 bridgehead atoms. The van der Waals surface area contributed by atoms with Crippen LogP contribution < -0.4 is 4.57 Å². The SMILES string of the molecule is Cn1c(-c2ccccc2)cn2c3cncnc3[n+](C)c12. The Morgan fingerprint density at radius 3 is 2.75 bits per heavy atom. The number of nitrogens with zero attached hydrogens (tertiary/aromatic N) is 5. The molecule has 0 amide bonds. The summed E-state index contributed by atoms with van der Waals surface area (Å²) in [6, 6.07) is 10.4. The van der Waals surface area contributed by atoms with Gasteiger partial charge >= 0.3 is 5.78 Å². The van der Waals surface area contributed by atoms with Crippen LogP contribution >= 0.6 is 0 Å². The van der Waals surface area contributed by atoms with Gasteiger partial charge in [0.05, 0.1) is 19.4 Å². The molecule has 0 atom stereocenters. The minimum atomic E-state index is 0.935. The highest BCUT2D eigenvalue weighted by Crippen LogP contribution is 2.23. The Kier molecular flexibility index (Phi) is 2.18. The van der Waals surface area contributed by atoms with Gasteiger partial charge in [-0.05, 0) is 0 Å². The van der Waals surface area contributed by atoms with Crippen LogP contribution in [0.5, 0.6) is 0 Å². The maximum absolute atomic E-state index is 4.35. The summed E-state index contributed by atoms with van der Waals surface area (Å²) < 4.78 is 6.40. The van der Waals surface area contributed by atoms with E-state index in [1.165, 1.54) is 11.3 Å². The molecule has 5 nitrogen and oxygen atoms in total. The van der Waals surface area contributed by atoms with E-state index < -0.39 is 0 Å². The second kappa shape index (κ2) is 3.90. The summed E-state index contributed by atoms with van der Waals surface area (Å²) in [4.78, 5) is 8.48. The van der Waals surface area contributed by atoms with Crippen LogP contribution in [0.2, 0.25) is 0 Å². The first kappa shape index (κ1) is 11.2. The summed E-state index contributed by atoms with van der Waals surface area (Å²) >= 11 is 0. The minimum Gasteiger partial charge on any atom is -0.251 e. The topological polar surface area (TPSA) is 39.0 Å². The van der Waals surface area contributed by atoms with E-state index in [9.17, 15) is 0 Å². The fourth-order valence-corrected chi connectivity index (χ4v) is 2.82. The number of aromatic nitrogens is 5. The van der Waals surface area contributed by atoms with Gasteiger partial charge in [0.2, 0.25) is 0 Å². The zero-order valence-electron chi connectivity index (χ0n) is 11.4. The van der Waals surface area contributed by atoms with Crippen LogP contribution in [0.25, 0.3) is 28.2 Å². The number of hydrogen-bond acceptors (Lipinski definition) is 2. The average Bonchev–Trinajstić information content (AvgIpc) is 2.98. The Bertz CT molecular complexity index is 918. The van der Waals surface area contributed by atoms with Crippen molar-refractivity contribution in [3.8, 4) is 11.3 Å². The second-order valence-electron chi connectivity index (χ2n) is 4.90. The predicted octanol–water partition coefficient (Wildman–Crippen LogP) is 1.71. The highest BCUT2D eigenvalue weighted by atomic mass is 15.3. The summed E-state index contributed by atoms with van der Waals surface area (Å²) in [5.74, 6) is 1.08. The van der Waals surface area contributed by atoms with Crippen molar-refractivity contribution in [1.82, 2.24) is 18.9 Å². The maximum atomic E-state index is 4.35. The molecule has 4 aromatic rings. The summed E-state index contributed by atoms with van der Waals surface area (Å²) in [5, 5.41) is 0. The van der Waals surface area contributed by atoms with Gasteiger partial charge in [-0.2, -0.15) is 0 Å². The molecule has 0 saturated heterocycles. The lowest BCUT2D eigenvalue weighted by Gasteiger charge is -1.99. The summed E-state index contributed by atoms with van der Waals surface area (Å²) in [7, 11) is 4.10. The van der Waals surface area contributed by atoms with Crippen LogP contribution in [0.15, 0.2) is 49.1 Å². The largest absolute Gasteiger partial charge is 0.329 e. The molecule has 0 N–H and O–H groups in total. The third kappa shape index (κ3) is 1.34. The minimum absolute atomic E-state index is 0.935. The summed E-state index contributed by atoms with van der Waals surface area (Å²) in [6.45, 7) is 0. The van der Waals surface area contributed by atoms with Crippen molar-refractivity contribution < 1.29 is 4.57 Å². The zero-order valence-corrected chi connectivity index (χ0v) is 11.4. The van der Waals surface area contributed by atoms with E-state index in [4.69, 9.17) is 0 Å². The van der Waals surface area contributed by atoms with Gasteiger partial charge in [-0.1, -0.05) is 30.3 Å². The second-order valence-corrected chi connectivity index (χ2v) is 4.90. The van der Waals surface area contributed by atoms with Crippen LogP contribution in [0.1, 0.15) is 0 Å². The molecule has 20 heavy (non-hydrogen) atoms. The van der Waals surface area contributed by atoms with Crippen molar-refractivity contribution >= 4 is 16.9 Å². The highest BCUT2D eigenvalue weighted by molar-refractivity contribution is 5.73. The molecule has 4 rings (SSSR count). The van der Waals surface area contributed by atoms with Crippen molar-refractivity contribution in [1.29, 1.82) is 0 Å². The van der Waals surface area contributed by atoms with Gasteiger partial charge in [0.25, 0.3) is 5.65 Å². The first-order valence-corrected chi connectivity index (χ1v) is 6.48. The van der Waals surface area contributed by atoms with Crippen molar-refractivity contribution in [3.63, 3.8) is 0 Å². The molecule has 0 spiro atoms. The van der Waals surface area contributed by atoms with E-state index in [0.29, 0.717) is 0 Å². The number of hydrogen-bond donors (Lipinski definition) is 0. The molecule has 0 radical (unpaired) electrons. The molecule has 5 heteroatoms. The van der Waals surface area contributed by atoms with Gasteiger partial charge in [-0.15, -0.1) is 4.98 Å². The number of imidazole rings is 2. The molecule has 0 aliphatic heterocycles. The molecular formula is C15H14N5+. The number of aryl methyl sites for hydroxylation is 2. The third-order valence-electron chi connectivity index (χ3n) is 3.75. The molecule has 0 saturated carbocycles. The fraction of sp³-hybridized carbons (Fsp3) is 0.133. The first-order chi connectivity index (χ1) is 9.77. The van der Waals surface area contributed by atoms with Gasteiger partial charge in [-0.3, -0.25) is 4.57 Å². The van der Waals surface area contributed by atoms with E-state index in [1.54, 1.807) is 6.33 Å². The molecule has 0 aliphatic carbocycles. The Morgan fingerprint density at radius 2 is 1.95 bits per heavy atom. The lowest BCUT2D eigenvalue weighted by molar-refractivity contribution is -0.623. The standard InChI is InChI=1S/C15H14N5/c1-18-13(11-6-4-3-5-7-11)9-20-12-8-16-10-17-14(12)19(2)15(18)20/h3-10H,1-2H3/q+1.